The molecule has 0 saturated carbocycles. The van der Waals surface area contributed by atoms with Crippen molar-refractivity contribution in [2.75, 3.05) is 20.8 Å². The number of amides is 1. The topological polar surface area (TPSA) is 64.8 Å². The normalized spacial score (nSPS) is 16.5. The van der Waals surface area contributed by atoms with Gasteiger partial charge >= 0.3 is 0 Å². The molecule has 0 fully saturated rings. The number of hydrogen-bond donors (Lipinski definition) is 1. The molecule has 1 heterocycles. The predicted molar refractivity (Wildman–Crippen MR) is 136 cm³/mol. The lowest BCUT2D eigenvalue weighted by atomic mass is 9.86. The number of benzene rings is 3. The summed E-state index contributed by atoms with van der Waals surface area (Å²) in [4.78, 5) is 15.0. The van der Waals surface area contributed by atoms with Crippen molar-refractivity contribution in [2.45, 2.75) is 38.3 Å². The Morgan fingerprint density at radius 1 is 1.09 bits per heavy atom. The van der Waals surface area contributed by atoms with Gasteiger partial charge in [0.1, 0.15) is 6.04 Å². The lowest BCUT2D eigenvalue weighted by Gasteiger charge is -2.41. The third-order valence-corrected chi connectivity index (χ3v) is 7.11. The average Bonchev–Trinajstić information content (AvgIpc) is 2.84. The number of nitrogens with zero attached hydrogens (tertiary/aromatic N) is 1. The highest BCUT2D eigenvalue weighted by atomic mass is 35.5. The number of methoxy groups -OCH3 is 2. The van der Waals surface area contributed by atoms with Gasteiger partial charge in [-0.05, 0) is 72.2 Å². The summed E-state index contributed by atoms with van der Waals surface area (Å²) in [5, 5.41) is 0.768. The maximum atomic E-state index is 12.8. The average molecular weight is 479 g/mol. The highest BCUT2D eigenvalue weighted by Crippen LogP contribution is 2.43. The minimum absolute atomic E-state index is 0.0265. The molecule has 3 aromatic carbocycles. The lowest BCUT2D eigenvalue weighted by molar-refractivity contribution is -0.124. The monoisotopic (exact) mass is 478 g/mol. The van der Waals surface area contributed by atoms with E-state index in [2.05, 4.69) is 23.1 Å². The standard InChI is InChI=1S/C28H31ClN2O3/c1-18-9-10-19(15-23(18)29)11-12-24-22-17-26(34-3)25(33-2)16-21(22)13-14-31(24)27(28(30)32)20-7-5-4-6-8-20/h4-10,15-17,24,27H,11-14H2,1-3H3,(H2,30,32)/t24-,27?/m0/s1. The smallest absolute Gasteiger partial charge is 0.239 e. The molecule has 4 rings (SSSR count). The first-order valence-corrected chi connectivity index (χ1v) is 11.9. The van der Waals surface area contributed by atoms with Gasteiger partial charge in [0.2, 0.25) is 5.91 Å². The molecule has 0 spiro atoms. The van der Waals surface area contributed by atoms with Crippen LogP contribution in [0.25, 0.3) is 0 Å². The molecule has 178 valence electrons. The summed E-state index contributed by atoms with van der Waals surface area (Å²) in [7, 11) is 3.29. The van der Waals surface area contributed by atoms with Crippen molar-refractivity contribution in [2.24, 2.45) is 5.73 Å². The van der Waals surface area contributed by atoms with Crippen molar-refractivity contribution in [3.63, 3.8) is 0 Å². The zero-order valence-corrected chi connectivity index (χ0v) is 20.6. The molecular weight excluding hydrogens is 448 g/mol. The van der Waals surface area contributed by atoms with Crippen LogP contribution in [0.5, 0.6) is 11.5 Å². The Hall–Kier alpha value is -3.02. The summed E-state index contributed by atoms with van der Waals surface area (Å²) >= 11 is 6.39. The van der Waals surface area contributed by atoms with Crippen LogP contribution in [0.15, 0.2) is 60.7 Å². The molecule has 1 aliphatic heterocycles. The van der Waals surface area contributed by atoms with E-state index in [-0.39, 0.29) is 11.9 Å². The van der Waals surface area contributed by atoms with Gasteiger partial charge in [0.15, 0.2) is 11.5 Å². The van der Waals surface area contributed by atoms with E-state index >= 15 is 0 Å². The van der Waals surface area contributed by atoms with E-state index < -0.39 is 6.04 Å². The van der Waals surface area contributed by atoms with Gasteiger partial charge in [-0.15, -0.1) is 0 Å². The van der Waals surface area contributed by atoms with Gasteiger partial charge in [-0.25, -0.2) is 0 Å². The Labute approximate surface area is 206 Å². The Balaban J connectivity index is 1.75. The van der Waals surface area contributed by atoms with Gasteiger partial charge in [-0.1, -0.05) is 54.1 Å². The van der Waals surface area contributed by atoms with Gasteiger partial charge < -0.3 is 15.2 Å². The first kappa shape index (κ1) is 24.1. The van der Waals surface area contributed by atoms with Crippen LogP contribution in [-0.2, 0) is 17.6 Å². The minimum atomic E-state index is -0.519. The van der Waals surface area contributed by atoms with Gasteiger partial charge in [-0.3, -0.25) is 9.69 Å². The second-order valence-electron chi connectivity index (χ2n) is 8.75. The molecule has 5 nitrogen and oxygen atoms in total. The number of hydrogen-bond acceptors (Lipinski definition) is 4. The molecule has 0 radical (unpaired) electrons. The number of fused-ring (bicyclic) bond motifs is 1. The van der Waals surface area contributed by atoms with Crippen LogP contribution in [-0.4, -0.2) is 31.6 Å². The summed E-state index contributed by atoms with van der Waals surface area (Å²) in [6.07, 6.45) is 2.41. The second kappa shape index (κ2) is 10.5. The van der Waals surface area contributed by atoms with E-state index in [0.717, 1.165) is 41.0 Å². The van der Waals surface area contributed by atoms with E-state index in [4.69, 9.17) is 26.8 Å². The fourth-order valence-corrected chi connectivity index (χ4v) is 5.13. The molecule has 1 aliphatic rings. The number of carbonyl (C=O) groups excluding carboxylic acids is 1. The van der Waals surface area contributed by atoms with Crippen LogP contribution < -0.4 is 15.2 Å². The number of halogens is 1. The Morgan fingerprint density at radius 2 is 1.79 bits per heavy atom. The number of ether oxygens (including phenoxy) is 2. The van der Waals surface area contributed by atoms with Crippen molar-refractivity contribution in [3.05, 3.63) is 93.5 Å². The first-order valence-electron chi connectivity index (χ1n) is 11.5. The Morgan fingerprint density at radius 3 is 2.44 bits per heavy atom. The van der Waals surface area contributed by atoms with Gasteiger partial charge in [-0.2, -0.15) is 0 Å². The van der Waals surface area contributed by atoms with Crippen molar-refractivity contribution >= 4 is 17.5 Å². The molecule has 2 atom stereocenters. The maximum Gasteiger partial charge on any atom is 0.239 e. The molecule has 0 aliphatic carbocycles. The van der Waals surface area contributed by atoms with Crippen LogP contribution in [0.3, 0.4) is 0 Å². The van der Waals surface area contributed by atoms with Gasteiger partial charge in [0.25, 0.3) is 0 Å². The first-order chi connectivity index (χ1) is 16.4. The predicted octanol–water partition coefficient (Wildman–Crippen LogP) is 5.42. The number of carbonyl (C=O) groups is 1. The third kappa shape index (κ3) is 4.91. The molecule has 1 unspecified atom stereocenters. The third-order valence-electron chi connectivity index (χ3n) is 6.70. The molecule has 0 aromatic heterocycles. The van der Waals surface area contributed by atoms with Gasteiger partial charge in [0.05, 0.1) is 14.2 Å². The van der Waals surface area contributed by atoms with E-state index in [0.29, 0.717) is 18.0 Å². The molecule has 6 heteroatoms. The van der Waals surface area contributed by atoms with Crippen LogP contribution in [0.2, 0.25) is 5.02 Å². The van der Waals surface area contributed by atoms with Crippen molar-refractivity contribution < 1.29 is 14.3 Å². The SMILES string of the molecule is COc1cc2c(cc1OC)[C@H](CCc1ccc(C)c(Cl)c1)N(C(C(N)=O)c1ccccc1)CC2. The van der Waals surface area contributed by atoms with Crippen LogP contribution >= 0.6 is 11.6 Å². The zero-order valence-electron chi connectivity index (χ0n) is 19.9. The summed E-state index contributed by atoms with van der Waals surface area (Å²) in [6, 6.07) is 19.5. The maximum absolute atomic E-state index is 12.8. The second-order valence-corrected chi connectivity index (χ2v) is 9.15. The quantitative estimate of drug-likeness (QED) is 0.469. The number of rotatable bonds is 8. The Bertz CT molecular complexity index is 1170. The molecule has 2 N–H and O–H groups in total. The van der Waals surface area contributed by atoms with Crippen LogP contribution in [0.1, 0.15) is 46.3 Å². The lowest BCUT2D eigenvalue weighted by Crippen LogP contribution is -2.44. The van der Waals surface area contributed by atoms with E-state index in [1.165, 1.54) is 11.1 Å². The largest absolute Gasteiger partial charge is 0.493 e. The summed E-state index contributed by atoms with van der Waals surface area (Å²) < 4.78 is 11.2. The highest BCUT2D eigenvalue weighted by Gasteiger charge is 2.36. The van der Waals surface area contributed by atoms with Crippen LogP contribution in [0.4, 0.5) is 0 Å². The van der Waals surface area contributed by atoms with Crippen LogP contribution in [0, 0.1) is 6.92 Å². The summed E-state index contributed by atoms with van der Waals surface area (Å²) in [6.45, 7) is 2.71. The molecule has 34 heavy (non-hydrogen) atoms. The number of primary amides is 1. The van der Waals surface area contributed by atoms with E-state index in [1.807, 2.05) is 49.4 Å². The molecule has 0 saturated heterocycles. The summed E-state index contributed by atoms with van der Waals surface area (Å²) in [5.41, 5.74) is 11.5. The minimum Gasteiger partial charge on any atom is -0.493 e. The molecule has 0 bridgehead atoms. The zero-order chi connectivity index (χ0) is 24.2. The van der Waals surface area contributed by atoms with Crippen molar-refractivity contribution in [1.29, 1.82) is 0 Å². The Kier molecular flexibility index (Phi) is 7.44. The summed E-state index contributed by atoms with van der Waals surface area (Å²) in [5.74, 6) is 1.05. The molecule has 3 aromatic rings. The molecule has 1 amide bonds. The van der Waals surface area contributed by atoms with Crippen molar-refractivity contribution in [3.8, 4) is 11.5 Å². The van der Waals surface area contributed by atoms with E-state index in [1.54, 1.807) is 14.2 Å². The highest BCUT2D eigenvalue weighted by molar-refractivity contribution is 6.31. The van der Waals surface area contributed by atoms with Crippen molar-refractivity contribution in [1.82, 2.24) is 4.90 Å². The number of aryl methyl sites for hydroxylation is 2. The van der Waals surface area contributed by atoms with Gasteiger partial charge in [0, 0.05) is 17.6 Å². The number of nitrogens with two attached hydrogens (primary N) is 1. The fourth-order valence-electron chi connectivity index (χ4n) is 4.93. The van der Waals surface area contributed by atoms with E-state index in [9.17, 15) is 4.79 Å². The molecular formula is C28H31ClN2O3. The fraction of sp³-hybridized carbons (Fsp3) is 0.321.